The van der Waals surface area contributed by atoms with Crippen molar-refractivity contribution >= 4 is 17.5 Å². The van der Waals surface area contributed by atoms with Crippen LogP contribution in [0.25, 0.3) is 0 Å². The maximum absolute atomic E-state index is 12.7. The van der Waals surface area contributed by atoms with Crippen molar-refractivity contribution < 1.29 is 14.0 Å². The van der Waals surface area contributed by atoms with E-state index in [2.05, 4.69) is 24.1 Å². The normalized spacial score (nSPS) is 10.9. The number of primary amides is 1. The molecular formula is C20H25N3O5. The van der Waals surface area contributed by atoms with Crippen LogP contribution in [0, 0.1) is 26.7 Å². The molecule has 0 fully saturated rings. The summed E-state index contributed by atoms with van der Waals surface area (Å²) in [6.45, 7) is 8.87. The highest BCUT2D eigenvalue weighted by atomic mass is 16.4. The summed E-state index contributed by atoms with van der Waals surface area (Å²) in [5.41, 5.74) is 4.81. The fourth-order valence-electron chi connectivity index (χ4n) is 3.03. The quantitative estimate of drug-likeness (QED) is 0.698. The third kappa shape index (κ3) is 4.39. The van der Waals surface area contributed by atoms with E-state index in [0.29, 0.717) is 29.4 Å². The molecule has 0 bridgehead atoms. The van der Waals surface area contributed by atoms with E-state index < -0.39 is 23.0 Å². The lowest BCUT2D eigenvalue weighted by molar-refractivity contribution is 0.0993. The van der Waals surface area contributed by atoms with Crippen molar-refractivity contribution in [1.29, 1.82) is 0 Å². The number of nitrogens with one attached hydrogen (secondary N) is 2. The Labute approximate surface area is 162 Å². The fraction of sp³-hybridized carbons (Fsp3) is 0.400. The topological polar surface area (TPSA) is 135 Å². The Balaban J connectivity index is 2.41. The van der Waals surface area contributed by atoms with E-state index in [1.807, 2.05) is 0 Å². The maximum atomic E-state index is 12.7. The summed E-state index contributed by atoms with van der Waals surface area (Å²) < 4.78 is 5.29. The highest BCUT2D eigenvalue weighted by molar-refractivity contribution is 6.06. The van der Waals surface area contributed by atoms with E-state index >= 15 is 0 Å². The van der Waals surface area contributed by atoms with E-state index in [4.69, 9.17) is 10.2 Å². The molecule has 0 spiro atoms. The van der Waals surface area contributed by atoms with Gasteiger partial charge in [-0.05, 0) is 50.3 Å². The average Bonchev–Trinajstić information content (AvgIpc) is 2.55. The molecule has 0 aromatic carbocycles. The molecule has 0 aliphatic heterocycles. The molecule has 2 amide bonds. The molecule has 0 saturated carbocycles. The van der Waals surface area contributed by atoms with E-state index in [-0.39, 0.29) is 22.4 Å². The van der Waals surface area contributed by atoms with Gasteiger partial charge in [0.25, 0.3) is 17.4 Å². The minimum atomic E-state index is -0.903. The van der Waals surface area contributed by atoms with Gasteiger partial charge in [-0.3, -0.25) is 14.4 Å². The molecule has 2 rings (SSSR count). The van der Waals surface area contributed by atoms with Gasteiger partial charge in [0.15, 0.2) is 0 Å². The highest BCUT2D eigenvalue weighted by Gasteiger charge is 2.22. The number of hydrogen-bond donors (Lipinski definition) is 3. The first kappa shape index (κ1) is 21.1. The Bertz CT molecular complexity index is 1050. The molecule has 28 heavy (non-hydrogen) atoms. The van der Waals surface area contributed by atoms with Crippen molar-refractivity contribution in [2.75, 3.05) is 5.32 Å². The number of nitrogens with two attached hydrogens (primary N) is 1. The number of anilines is 1. The summed E-state index contributed by atoms with van der Waals surface area (Å²) >= 11 is 0. The van der Waals surface area contributed by atoms with Crippen LogP contribution in [-0.4, -0.2) is 16.8 Å². The van der Waals surface area contributed by atoms with Crippen molar-refractivity contribution in [1.82, 2.24) is 4.98 Å². The van der Waals surface area contributed by atoms with Crippen molar-refractivity contribution in [3.05, 3.63) is 60.5 Å². The number of aromatic nitrogens is 1. The Morgan fingerprint density at radius 1 is 1.18 bits per heavy atom. The van der Waals surface area contributed by atoms with Crippen LogP contribution in [0.15, 0.2) is 20.1 Å². The maximum Gasteiger partial charge on any atom is 0.349 e. The lowest BCUT2D eigenvalue weighted by atomic mass is 10.0. The summed E-state index contributed by atoms with van der Waals surface area (Å²) in [6.07, 6.45) is 1.47. The van der Waals surface area contributed by atoms with Gasteiger partial charge >= 0.3 is 5.63 Å². The minimum absolute atomic E-state index is 0.126. The van der Waals surface area contributed by atoms with Crippen LogP contribution < -0.4 is 22.2 Å². The molecule has 0 unspecified atom stereocenters. The number of carbonyl (C=O) groups is 2. The van der Waals surface area contributed by atoms with E-state index in [1.54, 1.807) is 19.9 Å². The SMILES string of the molecule is Cc1cc(CCC(C)C)oc(=O)c1C(=O)Nc1c(C)[nH]c(=O)c(C(N)=O)c1C. The largest absolute Gasteiger partial charge is 0.427 e. The van der Waals surface area contributed by atoms with Crippen molar-refractivity contribution in [2.45, 2.75) is 47.5 Å². The molecule has 2 aromatic heterocycles. The van der Waals surface area contributed by atoms with Gasteiger partial charge in [0.1, 0.15) is 16.9 Å². The number of H-pyrrole nitrogens is 1. The smallest absolute Gasteiger partial charge is 0.349 e. The first-order valence-corrected chi connectivity index (χ1v) is 9.01. The Morgan fingerprint density at radius 3 is 2.36 bits per heavy atom. The molecule has 0 aliphatic carbocycles. The molecular weight excluding hydrogens is 362 g/mol. The standard InChI is InChI=1S/C20H25N3O5/c1-9(2)6-7-13-8-10(3)14(20(27)28-13)18(25)23-16-11(4)15(17(21)24)19(26)22-12(16)5/h8-9H,6-7H2,1-5H3,(H2,21,24)(H,22,26)(H,23,25). The lowest BCUT2D eigenvalue weighted by Gasteiger charge is -2.14. The lowest BCUT2D eigenvalue weighted by Crippen LogP contribution is -2.29. The second kappa shape index (κ2) is 8.24. The van der Waals surface area contributed by atoms with Crippen LogP contribution in [0.4, 0.5) is 5.69 Å². The third-order valence-corrected chi connectivity index (χ3v) is 4.53. The summed E-state index contributed by atoms with van der Waals surface area (Å²) in [5, 5.41) is 2.59. The van der Waals surface area contributed by atoms with Gasteiger partial charge in [-0.25, -0.2) is 4.79 Å². The molecule has 8 heteroatoms. The molecule has 0 aliphatic rings. The predicted octanol–water partition coefficient (Wildman–Crippen LogP) is 2.19. The zero-order valence-electron chi connectivity index (χ0n) is 16.7. The zero-order valence-corrected chi connectivity index (χ0v) is 16.7. The van der Waals surface area contributed by atoms with Crippen LogP contribution in [0.3, 0.4) is 0 Å². The summed E-state index contributed by atoms with van der Waals surface area (Å²) in [6, 6.07) is 1.68. The fourth-order valence-corrected chi connectivity index (χ4v) is 3.03. The van der Waals surface area contributed by atoms with Crippen LogP contribution in [0.5, 0.6) is 0 Å². The second-order valence-corrected chi connectivity index (χ2v) is 7.26. The predicted molar refractivity (Wildman–Crippen MR) is 106 cm³/mol. The molecule has 2 aromatic rings. The average molecular weight is 387 g/mol. The monoisotopic (exact) mass is 387 g/mol. The van der Waals surface area contributed by atoms with Gasteiger partial charge in [0, 0.05) is 12.1 Å². The van der Waals surface area contributed by atoms with Gasteiger partial charge in [0.2, 0.25) is 0 Å². The van der Waals surface area contributed by atoms with Crippen molar-refractivity contribution in [3.8, 4) is 0 Å². The Hall–Kier alpha value is -3.16. The van der Waals surface area contributed by atoms with Crippen LogP contribution in [-0.2, 0) is 6.42 Å². The van der Waals surface area contributed by atoms with Crippen LogP contribution >= 0.6 is 0 Å². The number of hydrogen-bond acceptors (Lipinski definition) is 5. The first-order valence-electron chi connectivity index (χ1n) is 9.01. The number of aryl methyl sites for hydroxylation is 3. The summed E-state index contributed by atoms with van der Waals surface area (Å²) in [5.74, 6) is -0.603. The zero-order chi connectivity index (χ0) is 21.2. The number of pyridine rings is 1. The summed E-state index contributed by atoms with van der Waals surface area (Å²) in [4.78, 5) is 51.1. The summed E-state index contributed by atoms with van der Waals surface area (Å²) in [7, 11) is 0. The molecule has 2 heterocycles. The number of rotatable bonds is 6. The molecule has 0 atom stereocenters. The van der Waals surface area contributed by atoms with Crippen molar-refractivity contribution in [2.24, 2.45) is 11.7 Å². The molecule has 4 N–H and O–H groups in total. The Morgan fingerprint density at radius 2 is 1.82 bits per heavy atom. The number of aromatic amines is 1. The molecule has 150 valence electrons. The van der Waals surface area contributed by atoms with E-state index in [1.165, 1.54) is 6.92 Å². The number of amides is 2. The minimum Gasteiger partial charge on any atom is -0.427 e. The first-order chi connectivity index (χ1) is 13.0. The molecule has 8 nitrogen and oxygen atoms in total. The Kier molecular flexibility index (Phi) is 6.23. The van der Waals surface area contributed by atoms with E-state index in [0.717, 1.165) is 6.42 Å². The third-order valence-electron chi connectivity index (χ3n) is 4.53. The van der Waals surface area contributed by atoms with Crippen LogP contribution in [0.2, 0.25) is 0 Å². The van der Waals surface area contributed by atoms with Gasteiger partial charge in [-0.2, -0.15) is 0 Å². The van der Waals surface area contributed by atoms with Crippen molar-refractivity contribution in [3.63, 3.8) is 0 Å². The molecule has 0 saturated heterocycles. The van der Waals surface area contributed by atoms with Gasteiger partial charge in [-0.1, -0.05) is 13.8 Å². The van der Waals surface area contributed by atoms with Gasteiger partial charge in [0.05, 0.1) is 5.69 Å². The highest BCUT2D eigenvalue weighted by Crippen LogP contribution is 2.20. The van der Waals surface area contributed by atoms with Gasteiger partial charge in [-0.15, -0.1) is 0 Å². The van der Waals surface area contributed by atoms with Gasteiger partial charge < -0.3 is 20.5 Å². The molecule has 0 radical (unpaired) electrons. The number of carbonyl (C=O) groups excluding carboxylic acids is 2. The van der Waals surface area contributed by atoms with E-state index in [9.17, 15) is 19.2 Å². The van der Waals surface area contributed by atoms with Crippen LogP contribution in [0.1, 0.15) is 63.6 Å². The second-order valence-electron chi connectivity index (χ2n) is 7.26.